The molecular formula is C22H20N2O3S. The molecule has 0 spiro atoms. The van der Waals surface area contributed by atoms with Gasteiger partial charge in [-0.25, -0.2) is 4.98 Å². The number of carbonyl (C=O) groups is 1. The van der Waals surface area contributed by atoms with E-state index < -0.39 is 5.97 Å². The molecule has 0 aliphatic carbocycles. The molecule has 4 rings (SSSR count). The van der Waals surface area contributed by atoms with E-state index in [1.165, 1.54) is 11.3 Å². The molecule has 0 unspecified atom stereocenters. The fourth-order valence-corrected chi connectivity index (χ4v) is 4.22. The minimum atomic E-state index is -0.837. The van der Waals surface area contributed by atoms with E-state index in [4.69, 9.17) is 14.8 Å². The van der Waals surface area contributed by atoms with Crippen molar-refractivity contribution in [1.82, 2.24) is 9.38 Å². The first kappa shape index (κ1) is 18.3. The summed E-state index contributed by atoms with van der Waals surface area (Å²) in [4.78, 5) is 17.2. The molecule has 1 N–H and O–H groups in total. The van der Waals surface area contributed by atoms with Crippen molar-refractivity contribution in [2.75, 3.05) is 0 Å². The SMILES string of the molecule is Cc1cc(C)c(OCc2ccccc2)c(-c2cn3cc(CC(=O)O)sc3n2)c1. The van der Waals surface area contributed by atoms with E-state index in [9.17, 15) is 4.79 Å². The second-order valence-corrected chi connectivity index (χ2v) is 7.91. The molecule has 0 fully saturated rings. The molecule has 5 nitrogen and oxygen atoms in total. The normalized spacial score (nSPS) is 11.1. The summed E-state index contributed by atoms with van der Waals surface area (Å²) in [6, 6.07) is 14.3. The molecule has 0 aliphatic heterocycles. The maximum atomic E-state index is 10.9. The van der Waals surface area contributed by atoms with Gasteiger partial charge in [0.25, 0.3) is 0 Å². The monoisotopic (exact) mass is 392 g/mol. The second-order valence-electron chi connectivity index (χ2n) is 6.82. The lowest BCUT2D eigenvalue weighted by molar-refractivity contribution is -0.136. The van der Waals surface area contributed by atoms with Crippen molar-refractivity contribution < 1.29 is 14.6 Å². The van der Waals surface area contributed by atoms with E-state index in [1.807, 2.05) is 54.0 Å². The molecule has 0 atom stereocenters. The van der Waals surface area contributed by atoms with E-state index >= 15 is 0 Å². The van der Waals surface area contributed by atoms with Crippen molar-refractivity contribution in [2.24, 2.45) is 0 Å². The van der Waals surface area contributed by atoms with E-state index in [1.54, 1.807) is 0 Å². The van der Waals surface area contributed by atoms with Gasteiger partial charge in [-0.15, -0.1) is 11.3 Å². The van der Waals surface area contributed by atoms with Crippen molar-refractivity contribution in [3.05, 3.63) is 76.4 Å². The molecule has 0 saturated carbocycles. The van der Waals surface area contributed by atoms with E-state index in [0.29, 0.717) is 6.61 Å². The molecule has 2 heterocycles. The molecule has 4 aromatic rings. The number of ether oxygens (including phenoxy) is 1. The summed E-state index contributed by atoms with van der Waals surface area (Å²) in [6.07, 6.45) is 3.77. The zero-order valence-corrected chi connectivity index (χ0v) is 16.5. The van der Waals surface area contributed by atoms with E-state index in [-0.39, 0.29) is 6.42 Å². The molecule has 2 aromatic heterocycles. The van der Waals surface area contributed by atoms with Gasteiger partial charge in [0.05, 0.1) is 12.1 Å². The van der Waals surface area contributed by atoms with E-state index in [2.05, 4.69) is 19.1 Å². The van der Waals surface area contributed by atoms with Crippen LogP contribution in [0.4, 0.5) is 0 Å². The van der Waals surface area contributed by atoms with Crippen molar-refractivity contribution in [3.8, 4) is 17.0 Å². The average Bonchev–Trinajstić information content (AvgIpc) is 3.19. The maximum Gasteiger partial charge on any atom is 0.308 e. The van der Waals surface area contributed by atoms with Crippen LogP contribution in [0.25, 0.3) is 16.2 Å². The van der Waals surface area contributed by atoms with Gasteiger partial charge < -0.3 is 9.84 Å². The lowest BCUT2D eigenvalue weighted by Crippen LogP contribution is -2.00. The number of aliphatic carboxylic acids is 1. The molecule has 2 aromatic carbocycles. The van der Waals surface area contributed by atoms with Gasteiger partial charge in [-0.1, -0.05) is 36.4 Å². The lowest BCUT2D eigenvalue weighted by atomic mass is 10.0. The highest BCUT2D eigenvalue weighted by Gasteiger charge is 2.16. The van der Waals surface area contributed by atoms with Crippen molar-refractivity contribution >= 4 is 22.3 Å². The van der Waals surface area contributed by atoms with Crippen molar-refractivity contribution in [2.45, 2.75) is 26.9 Å². The Balaban J connectivity index is 1.69. The summed E-state index contributed by atoms with van der Waals surface area (Å²) in [5, 5.41) is 8.97. The third kappa shape index (κ3) is 3.77. The molecule has 0 aliphatic rings. The molecule has 0 saturated heterocycles. The van der Waals surface area contributed by atoms with Crippen LogP contribution in [0.2, 0.25) is 0 Å². The third-order valence-electron chi connectivity index (χ3n) is 4.45. The molecule has 0 bridgehead atoms. The number of nitrogens with zero attached hydrogens (tertiary/aromatic N) is 2. The minimum Gasteiger partial charge on any atom is -0.488 e. The number of imidazole rings is 1. The predicted octanol–water partition coefficient (Wildman–Crippen LogP) is 4.89. The van der Waals surface area contributed by atoms with Gasteiger partial charge >= 0.3 is 5.97 Å². The molecule has 6 heteroatoms. The van der Waals surface area contributed by atoms with Crippen LogP contribution in [0.3, 0.4) is 0 Å². The number of benzene rings is 2. The average molecular weight is 392 g/mol. The first-order chi connectivity index (χ1) is 13.5. The molecule has 142 valence electrons. The number of rotatable bonds is 6. The fourth-order valence-electron chi connectivity index (χ4n) is 3.27. The molecule has 28 heavy (non-hydrogen) atoms. The number of carboxylic acids is 1. The third-order valence-corrected chi connectivity index (χ3v) is 5.45. The highest BCUT2D eigenvalue weighted by molar-refractivity contribution is 7.17. The lowest BCUT2D eigenvalue weighted by Gasteiger charge is -2.14. The van der Waals surface area contributed by atoms with Gasteiger partial charge in [0.15, 0.2) is 4.96 Å². The first-order valence-corrected chi connectivity index (χ1v) is 9.79. The van der Waals surface area contributed by atoms with Crippen LogP contribution in [0.1, 0.15) is 21.6 Å². The summed E-state index contributed by atoms with van der Waals surface area (Å²) in [5.41, 5.74) is 5.08. The van der Waals surface area contributed by atoms with Gasteiger partial charge in [0.1, 0.15) is 12.4 Å². The van der Waals surface area contributed by atoms with Gasteiger partial charge in [0.2, 0.25) is 0 Å². The Morgan fingerprint density at radius 3 is 2.68 bits per heavy atom. The second kappa shape index (κ2) is 7.48. The topological polar surface area (TPSA) is 63.8 Å². The number of hydrogen-bond acceptors (Lipinski definition) is 4. The zero-order chi connectivity index (χ0) is 19.7. The number of aromatic nitrogens is 2. The first-order valence-electron chi connectivity index (χ1n) is 8.97. The van der Waals surface area contributed by atoms with Gasteiger partial charge in [-0.3, -0.25) is 9.20 Å². The number of thiazole rings is 1. The Kier molecular flexibility index (Phi) is 4.88. The Morgan fingerprint density at radius 1 is 1.18 bits per heavy atom. The molecule has 0 amide bonds. The Hall–Kier alpha value is -3.12. The summed E-state index contributed by atoms with van der Waals surface area (Å²) in [7, 11) is 0. The van der Waals surface area contributed by atoms with Gasteiger partial charge in [-0.2, -0.15) is 0 Å². The van der Waals surface area contributed by atoms with Gasteiger partial charge in [0, 0.05) is 22.8 Å². The molecular weight excluding hydrogens is 372 g/mol. The standard InChI is InChI=1S/C22H20N2O3S/c1-14-8-15(2)21(27-13-16-6-4-3-5-7-16)18(9-14)19-12-24-11-17(10-20(25)26)28-22(24)23-19/h3-9,11-12H,10,13H2,1-2H3,(H,25,26). The Morgan fingerprint density at radius 2 is 1.96 bits per heavy atom. The summed E-state index contributed by atoms with van der Waals surface area (Å²) >= 11 is 1.40. The minimum absolute atomic E-state index is 0.0123. The quantitative estimate of drug-likeness (QED) is 0.508. The highest BCUT2D eigenvalue weighted by Crippen LogP contribution is 2.35. The van der Waals surface area contributed by atoms with Crippen LogP contribution in [-0.2, 0) is 17.8 Å². The summed E-state index contributed by atoms with van der Waals surface area (Å²) < 4.78 is 8.07. The summed E-state index contributed by atoms with van der Waals surface area (Å²) in [5.74, 6) is -0.0124. The van der Waals surface area contributed by atoms with Crippen molar-refractivity contribution in [1.29, 1.82) is 0 Å². The van der Waals surface area contributed by atoms with Crippen LogP contribution in [0.15, 0.2) is 54.9 Å². The number of carboxylic acid groups (broad SMARTS) is 1. The van der Waals surface area contributed by atoms with E-state index in [0.717, 1.165) is 43.5 Å². The number of aryl methyl sites for hydroxylation is 2. The van der Waals surface area contributed by atoms with Crippen LogP contribution < -0.4 is 4.74 Å². The highest BCUT2D eigenvalue weighted by atomic mass is 32.1. The smallest absolute Gasteiger partial charge is 0.308 e. The Labute approximate surface area is 166 Å². The van der Waals surface area contributed by atoms with Crippen LogP contribution in [0, 0.1) is 13.8 Å². The van der Waals surface area contributed by atoms with Crippen LogP contribution in [0.5, 0.6) is 5.75 Å². The zero-order valence-electron chi connectivity index (χ0n) is 15.7. The largest absolute Gasteiger partial charge is 0.488 e. The summed E-state index contributed by atoms with van der Waals surface area (Å²) in [6.45, 7) is 4.59. The van der Waals surface area contributed by atoms with Crippen LogP contribution in [-0.4, -0.2) is 20.5 Å². The Bertz CT molecular complexity index is 1110. The van der Waals surface area contributed by atoms with Crippen molar-refractivity contribution in [3.63, 3.8) is 0 Å². The number of hydrogen-bond donors (Lipinski definition) is 1. The fraction of sp³-hybridized carbons (Fsp3) is 0.182. The van der Waals surface area contributed by atoms with Gasteiger partial charge in [-0.05, 0) is 36.6 Å². The maximum absolute atomic E-state index is 10.9. The predicted molar refractivity (Wildman–Crippen MR) is 110 cm³/mol. The molecule has 0 radical (unpaired) electrons. The van der Waals surface area contributed by atoms with Crippen LogP contribution >= 0.6 is 11.3 Å². The number of fused-ring (bicyclic) bond motifs is 1.